The van der Waals surface area contributed by atoms with Gasteiger partial charge in [0.2, 0.25) is 5.66 Å². The fourth-order valence-electron chi connectivity index (χ4n) is 5.89. The number of alkyl halides is 6. The Morgan fingerprint density at radius 3 is 2.31 bits per heavy atom. The van der Waals surface area contributed by atoms with E-state index in [1.54, 1.807) is 19.1 Å². The molecular weight excluding hydrogens is 613 g/mol. The number of aromatic nitrogens is 2. The van der Waals surface area contributed by atoms with Gasteiger partial charge in [-0.25, -0.2) is 18.7 Å². The number of hydrogen-bond donors (Lipinski definition) is 2. The zero-order valence-corrected chi connectivity index (χ0v) is 24.1. The number of nitrogens with zero attached hydrogens (tertiary/aromatic N) is 5. The number of benzene rings is 2. The lowest BCUT2D eigenvalue weighted by Crippen LogP contribution is -2.58. The summed E-state index contributed by atoms with van der Waals surface area (Å²) in [7, 11) is 0. The van der Waals surface area contributed by atoms with Gasteiger partial charge in [-0.1, -0.05) is 30.3 Å². The van der Waals surface area contributed by atoms with Crippen molar-refractivity contribution in [3.05, 3.63) is 76.7 Å². The van der Waals surface area contributed by atoms with Crippen molar-refractivity contribution in [2.75, 3.05) is 22.9 Å². The minimum absolute atomic E-state index is 0.0779. The number of nitrogens with one attached hydrogen (secondary N) is 1. The zero-order chi connectivity index (χ0) is 32.9. The number of aryl methyl sites for hydroxylation is 1. The Morgan fingerprint density at radius 2 is 1.71 bits per heavy atom. The van der Waals surface area contributed by atoms with Crippen LogP contribution >= 0.6 is 0 Å². The van der Waals surface area contributed by atoms with E-state index in [4.69, 9.17) is 5.11 Å². The van der Waals surface area contributed by atoms with Crippen molar-refractivity contribution < 1.29 is 45.4 Å². The number of fused-ring (bicyclic) bond motifs is 1. The van der Waals surface area contributed by atoms with Crippen LogP contribution in [0.25, 0.3) is 0 Å². The number of urea groups is 1. The monoisotopic (exact) mass is 642 g/mol. The van der Waals surface area contributed by atoms with Crippen molar-refractivity contribution in [2.45, 2.75) is 63.8 Å². The van der Waals surface area contributed by atoms with Gasteiger partial charge in [0, 0.05) is 30.9 Å². The summed E-state index contributed by atoms with van der Waals surface area (Å²) >= 11 is 0. The predicted octanol–water partition coefficient (Wildman–Crippen LogP) is 6.46. The van der Waals surface area contributed by atoms with Crippen LogP contribution in [0.2, 0.25) is 0 Å². The molecule has 0 bridgehead atoms. The van der Waals surface area contributed by atoms with E-state index in [9.17, 15) is 40.3 Å². The van der Waals surface area contributed by atoms with Gasteiger partial charge in [0.15, 0.2) is 5.82 Å². The summed E-state index contributed by atoms with van der Waals surface area (Å²) in [6, 6.07) is 7.95. The number of hydrogen-bond acceptors (Lipinski definition) is 4. The smallest absolute Gasteiger partial charge is 0.432 e. The maximum Gasteiger partial charge on any atom is 0.432 e. The number of halogens is 7. The van der Waals surface area contributed by atoms with E-state index in [2.05, 4.69) is 5.10 Å². The lowest BCUT2D eigenvalue weighted by atomic mass is 10.00. The normalized spacial score (nSPS) is 17.7. The first kappa shape index (κ1) is 31.9. The van der Waals surface area contributed by atoms with Crippen molar-refractivity contribution in [1.29, 1.82) is 0 Å². The third-order valence-corrected chi connectivity index (χ3v) is 8.26. The number of amides is 3. The van der Waals surface area contributed by atoms with Gasteiger partial charge in [0.1, 0.15) is 5.82 Å². The van der Waals surface area contributed by atoms with Crippen LogP contribution in [0.4, 0.5) is 51.8 Å². The van der Waals surface area contributed by atoms with Gasteiger partial charge in [-0.15, -0.1) is 0 Å². The first-order chi connectivity index (χ1) is 21.0. The second-order valence-corrected chi connectivity index (χ2v) is 11.2. The number of carbonyl (C=O) groups excluding carboxylic acids is 1. The van der Waals surface area contributed by atoms with Crippen molar-refractivity contribution in [3.8, 4) is 0 Å². The molecule has 242 valence electrons. The molecule has 3 heterocycles. The van der Waals surface area contributed by atoms with Gasteiger partial charge in [-0.05, 0) is 49.9 Å². The number of carboxylic acid groups (broad SMARTS) is 1. The molecule has 3 amide bonds. The average molecular weight is 643 g/mol. The number of carbonyl (C=O) groups is 2. The van der Waals surface area contributed by atoms with E-state index in [1.807, 2.05) is 4.90 Å². The second kappa shape index (κ2) is 11.5. The maximum atomic E-state index is 14.6. The van der Waals surface area contributed by atoms with E-state index < -0.39 is 54.1 Å². The number of anilines is 2. The van der Waals surface area contributed by atoms with Crippen molar-refractivity contribution >= 4 is 23.6 Å². The Labute approximate surface area is 252 Å². The minimum atomic E-state index is -5.19. The third kappa shape index (κ3) is 5.96. The van der Waals surface area contributed by atoms with Crippen molar-refractivity contribution in [3.63, 3.8) is 0 Å². The summed E-state index contributed by atoms with van der Waals surface area (Å²) in [5, 5.41) is 14.5. The SMILES string of the molecule is Cc1cccc(F)c1N1CCC(N2Cc3cn(C(C)(NC(=O)O)C(F)(F)F)nc3N(Cc3ccccc3C(F)(F)F)C2=O)CC1. The molecule has 0 radical (unpaired) electrons. The summed E-state index contributed by atoms with van der Waals surface area (Å²) in [6.07, 6.45) is -10.3. The molecule has 9 nitrogen and oxygen atoms in total. The Balaban J connectivity index is 1.52. The van der Waals surface area contributed by atoms with E-state index in [0.717, 1.165) is 28.8 Å². The van der Waals surface area contributed by atoms with Gasteiger partial charge in [-0.3, -0.25) is 10.2 Å². The van der Waals surface area contributed by atoms with Crippen LogP contribution in [-0.4, -0.2) is 57.2 Å². The molecule has 2 N–H and O–H groups in total. The lowest BCUT2D eigenvalue weighted by molar-refractivity contribution is -0.220. The molecule has 45 heavy (non-hydrogen) atoms. The van der Waals surface area contributed by atoms with Crippen LogP contribution in [0.5, 0.6) is 0 Å². The van der Waals surface area contributed by atoms with E-state index in [-0.39, 0.29) is 23.5 Å². The molecule has 3 aromatic rings. The highest BCUT2D eigenvalue weighted by Gasteiger charge is 2.56. The molecule has 1 fully saturated rings. The summed E-state index contributed by atoms with van der Waals surface area (Å²) < 4.78 is 99.1. The van der Waals surface area contributed by atoms with Gasteiger partial charge >= 0.3 is 24.5 Å². The molecule has 1 unspecified atom stereocenters. The summed E-state index contributed by atoms with van der Waals surface area (Å²) in [6.45, 7) is 2.10. The van der Waals surface area contributed by atoms with Gasteiger partial charge < -0.3 is 14.9 Å². The molecule has 1 saturated heterocycles. The number of para-hydroxylation sites is 1. The highest BCUT2D eigenvalue weighted by atomic mass is 19.4. The highest BCUT2D eigenvalue weighted by molar-refractivity contribution is 5.94. The first-order valence-corrected chi connectivity index (χ1v) is 13.9. The number of rotatable bonds is 6. The first-order valence-electron chi connectivity index (χ1n) is 13.9. The largest absolute Gasteiger partial charge is 0.465 e. The molecule has 16 heteroatoms. The highest BCUT2D eigenvalue weighted by Crippen LogP contribution is 2.40. The fourth-order valence-corrected chi connectivity index (χ4v) is 5.89. The van der Waals surface area contributed by atoms with Crippen molar-refractivity contribution in [2.24, 2.45) is 0 Å². The van der Waals surface area contributed by atoms with Gasteiger partial charge in [0.25, 0.3) is 0 Å². The standard InChI is InChI=1S/C29H29F7N6O3/c1-17-6-5-9-22(30)23(17)39-12-10-20(11-13-39)40-15-19-16-42(27(2,29(34,35)36)37-25(43)44)38-24(19)41(26(40)45)14-18-7-3-4-8-21(18)28(31,32)33/h3-9,16,20,37H,10-15H2,1-2H3,(H,43,44). The fraction of sp³-hybridized carbons (Fsp3) is 0.414. The van der Waals surface area contributed by atoms with Crippen molar-refractivity contribution in [1.82, 2.24) is 20.0 Å². The third-order valence-electron chi connectivity index (χ3n) is 8.26. The average Bonchev–Trinajstić information content (AvgIpc) is 3.38. The molecule has 1 atom stereocenters. The Bertz CT molecular complexity index is 1580. The predicted molar refractivity (Wildman–Crippen MR) is 148 cm³/mol. The summed E-state index contributed by atoms with van der Waals surface area (Å²) in [4.78, 5) is 29.4. The van der Waals surface area contributed by atoms with Crippen LogP contribution in [0.1, 0.15) is 42.0 Å². The van der Waals surface area contributed by atoms with Gasteiger partial charge in [0.05, 0.1) is 24.3 Å². The summed E-state index contributed by atoms with van der Waals surface area (Å²) in [5.74, 6) is -0.730. The zero-order valence-electron chi connectivity index (χ0n) is 24.1. The Kier molecular flexibility index (Phi) is 8.12. The molecular formula is C29H29F7N6O3. The van der Waals surface area contributed by atoms with Gasteiger partial charge in [-0.2, -0.15) is 31.4 Å². The topological polar surface area (TPSA) is 93.9 Å². The van der Waals surface area contributed by atoms with Crippen LogP contribution in [-0.2, 0) is 24.9 Å². The number of piperidine rings is 1. The van der Waals surface area contributed by atoms with E-state index in [0.29, 0.717) is 43.2 Å². The molecule has 2 aromatic carbocycles. The lowest BCUT2D eigenvalue weighted by Gasteiger charge is -2.43. The molecule has 0 aliphatic carbocycles. The van der Waals surface area contributed by atoms with Crippen LogP contribution < -0.4 is 15.1 Å². The Morgan fingerprint density at radius 1 is 1.04 bits per heavy atom. The molecule has 0 saturated carbocycles. The molecule has 2 aliphatic heterocycles. The van der Waals surface area contributed by atoms with Crippen LogP contribution in [0.3, 0.4) is 0 Å². The van der Waals surface area contributed by atoms with E-state index >= 15 is 0 Å². The molecule has 5 rings (SSSR count). The quantitative estimate of drug-likeness (QED) is 0.301. The van der Waals surface area contributed by atoms with Crippen LogP contribution in [0, 0.1) is 12.7 Å². The summed E-state index contributed by atoms with van der Waals surface area (Å²) in [5.41, 5.74) is -3.38. The van der Waals surface area contributed by atoms with Crippen LogP contribution in [0.15, 0.2) is 48.7 Å². The Hall–Kier alpha value is -4.50. The molecule has 2 aliphatic rings. The van der Waals surface area contributed by atoms with E-state index in [1.165, 1.54) is 28.4 Å². The second-order valence-electron chi connectivity index (χ2n) is 11.2. The molecule has 1 aromatic heterocycles. The molecule has 0 spiro atoms. The maximum absolute atomic E-state index is 14.6. The minimum Gasteiger partial charge on any atom is -0.465 e.